The van der Waals surface area contributed by atoms with Crippen molar-refractivity contribution in [2.45, 2.75) is 276 Å². The summed E-state index contributed by atoms with van der Waals surface area (Å²) >= 11 is 0. The van der Waals surface area contributed by atoms with E-state index in [1.807, 2.05) is 22.3 Å². The summed E-state index contributed by atoms with van der Waals surface area (Å²) in [5.41, 5.74) is 12.8. The van der Waals surface area contributed by atoms with Gasteiger partial charge in [-0.3, -0.25) is 0 Å². The molecule has 328 valence electrons. The molecule has 0 atom stereocenters. The molecule has 20 aliphatic carbocycles. The lowest BCUT2D eigenvalue weighted by Crippen LogP contribution is -2.21. The van der Waals surface area contributed by atoms with E-state index < -0.39 is 0 Å². The van der Waals surface area contributed by atoms with Crippen LogP contribution in [0.5, 0.6) is 0 Å². The van der Waals surface area contributed by atoms with Crippen molar-refractivity contribution in [3.8, 4) is 0 Å². The van der Waals surface area contributed by atoms with Gasteiger partial charge < -0.3 is 0 Å². The van der Waals surface area contributed by atoms with Crippen LogP contribution in [0.15, 0.2) is 22.3 Å². The molecule has 0 aromatic heterocycles. The molecule has 0 radical (unpaired) electrons. The first kappa shape index (κ1) is 40.0. The van der Waals surface area contributed by atoms with Crippen LogP contribution in [0, 0.1) is 68.0 Å². The van der Waals surface area contributed by atoms with Gasteiger partial charge in [-0.05, 0) is 267 Å². The molecule has 0 aromatic carbocycles. The SMILES string of the molecule is C1CC23CCC1(CC2)C3.C1CC23CCC1(CC2)C3.C1CC23CCC1(CC2)C3.C1CC2=C3CCC1=C(CC2)C3.C1CC2CCC1C2.C1CC2CCC1C2.C1CC2CCC1C2. The Kier molecular flexibility index (Phi) is 10.6. The van der Waals surface area contributed by atoms with Gasteiger partial charge in [-0.25, -0.2) is 0 Å². The number of rotatable bonds is 0. The van der Waals surface area contributed by atoms with Crippen molar-refractivity contribution in [1.82, 2.24) is 0 Å². The summed E-state index contributed by atoms with van der Waals surface area (Å²) in [6.45, 7) is 0. The summed E-state index contributed by atoms with van der Waals surface area (Å²) < 4.78 is 0. The quantitative estimate of drug-likeness (QED) is 0.214. The number of hydrogen-bond acceptors (Lipinski definition) is 0. The van der Waals surface area contributed by atoms with E-state index in [0.717, 1.165) is 32.5 Å². The van der Waals surface area contributed by atoms with Crippen LogP contribution in [0.3, 0.4) is 0 Å². The van der Waals surface area contributed by atoms with Crippen molar-refractivity contribution >= 4 is 0 Å². The van der Waals surface area contributed by atoms with E-state index in [1.165, 1.54) is 80.5 Å². The predicted molar refractivity (Wildman–Crippen MR) is 248 cm³/mol. The molecule has 0 saturated heterocycles. The van der Waals surface area contributed by atoms with Crippen molar-refractivity contribution in [3.63, 3.8) is 0 Å². The van der Waals surface area contributed by atoms with Gasteiger partial charge in [-0.15, -0.1) is 0 Å². The summed E-state index contributed by atoms with van der Waals surface area (Å²) in [4.78, 5) is 0. The van der Waals surface area contributed by atoms with E-state index in [0.29, 0.717) is 0 Å². The molecule has 16 bridgehead atoms. The highest BCUT2D eigenvalue weighted by Crippen LogP contribution is 2.73. The average molecular weight is 801 g/mol. The van der Waals surface area contributed by atoms with E-state index in [4.69, 9.17) is 0 Å². The lowest BCUT2D eigenvalue weighted by Gasteiger charge is -2.34. The van der Waals surface area contributed by atoms with Crippen LogP contribution >= 0.6 is 0 Å². The van der Waals surface area contributed by atoms with Crippen LogP contribution in [-0.2, 0) is 0 Å². The van der Waals surface area contributed by atoms with Crippen LogP contribution in [0.1, 0.15) is 276 Å². The Morgan fingerprint density at radius 1 is 0.220 bits per heavy atom. The largest absolute Gasteiger partial charge is 0.0700 e. The molecule has 59 heavy (non-hydrogen) atoms. The van der Waals surface area contributed by atoms with Gasteiger partial charge in [0.15, 0.2) is 0 Å². The van der Waals surface area contributed by atoms with Gasteiger partial charge in [0.05, 0.1) is 0 Å². The lowest BCUT2D eigenvalue weighted by molar-refractivity contribution is 0.176. The third-order valence-corrected chi connectivity index (χ3v) is 24.4. The van der Waals surface area contributed by atoms with Crippen molar-refractivity contribution in [3.05, 3.63) is 22.3 Å². The van der Waals surface area contributed by atoms with Gasteiger partial charge in [-0.2, -0.15) is 0 Å². The molecule has 0 aromatic rings. The summed E-state index contributed by atoms with van der Waals surface area (Å²) in [5.74, 6) is 7.03. The first-order chi connectivity index (χ1) is 28.8. The molecule has 0 heterocycles. The zero-order valence-corrected chi connectivity index (χ0v) is 38.9. The van der Waals surface area contributed by atoms with Gasteiger partial charge >= 0.3 is 0 Å². The number of allylic oxidation sites excluding steroid dienone is 4. The number of fused-ring (bicyclic) bond motifs is 8. The molecule has 0 spiro atoms. The predicted octanol–water partition coefficient (Wildman–Crippen LogP) is 18.1. The minimum Gasteiger partial charge on any atom is -0.0700 e. The Morgan fingerprint density at radius 3 is 0.508 bits per heavy atom. The lowest BCUT2D eigenvalue weighted by atomic mass is 9.71. The van der Waals surface area contributed by atoms with Gasteiger partial charge in [0.1, 0.15) is 0 Å². The second kappa shape index (κ2) is 15.6. The normalized spacial score (nSPS) is 50.4. The fraction of sp³-hybridized carbons (Fsp3) is 0.932. The summed E-state index contributed by atoms with van der Waals surface area (Å²) in [6.07, 6.45) is 66.8. The molecule has 0 nitrogen and oxygen atoms in total. The minimum absolute atomic E-state index is 0.917. The zero-order valence-electron chi connectivity index (χ0n) is 38.9. The topological polar surface area (TPSA) is 0 Å². The smallest absolute Gasteiger partial charge is 0.0103 e. The van der Waals surface area contributed by atoms with Crippen molar-refractivity contribution in [2.24, 2.45) is 68.0 Å². The fourth-order valence-electron chi connectivity index (χ4n) is 20.4. The number of hydrogen-bond donors (Lipinski definition) is 0. The standard InChI is InChI=1S/C11H14.3C9H14.3C7H12/c1-2-9-4-6-10-7-11(9)5-3-8(1)10;3*1-2-9-5-3-8(1,7-9)4-6-9;3*1-2-7-4-3-6(1)5-7/h1-7H2;3*1-7H2;3*6-7H,1-5H2. The Labute approximate surface area is 364 Å². The second-order valence-corrected chi connectivity index (χ2v) is 27.5. The highest BCUT2D eigenvalue weighted by Gasteiger charge is 2.60. The first-order valence-electron chi connectivity index (χ1n) is 28.2. The maximum atomic E-state index is 1.83. The van der Waals surface area contributed by atoms with E-state index in [1.54, 1.807) is 231 Å². The summed E-state index contributed by atoms with van der Waals surface area (Å²) in [5, 5.41) is 0. The molecule has 0 aliphatic heterocycles. The van der Waals surface area contributed by atoms with Crippen molar-refractivity contribution < 1.29 is 0 Å². The maximum absolute atomic E-state index is 1.83. The van der Waals surface area contributed by atoms with Crippen LogP contribution < -0.4 is 0 Å². The molecule has 0 amide bonds. The van der Waals surface area contributed by atoms with Gasteiger partial charge in [0, 0.05) is 0 Å². The van der Waals surface area contributed by atoms with Crippen LogP contribution in [0.25, 0.3) is 0 Å². The average Bonchev–Trinajstić information content (AvgIpc) is 4.15. The maximum Gasteiger partial charge on any atom is -0.0103 e. The van der Waals surface area contributed by atoms with Crippen molar-refractivity contribution in [2.75, 3.05) is 0 Å². The molecule has 0 heteroatoms. The van der Waals surface area contributed by atoms with Crippen LogP contribution in [-0.4, -0.2) is 0 Å². The molecular weight excluding hydrogens is 709 g/mol. The van der Waals surface area contributed by atoms with Crippen LogP contribution in [0.4, 0.5) is 0 Å². The van der Waals surface area contributed by atoms with Gasteiger partial charge in [-0.1, -0.05) is 99.3 Å². The van der Waals surface area contributed by atoms with E-state index in [2.05, 4.69) is 0 Å². The Hall–Kier alpha value is -0.520. The van der Waals surface area contributed by atoms with E-state index >= 15 is 0 Å². The fourth-order valence-corrected chi connectivity index (χ4v) is 20.4. The van der Waals surface area contributed by atoms with Crippen molar-refractivity contribution in [1.29, 1.82) is 0 Å². The molecule has 15 fully saturated rings. The first-order valence-corrected chi connectivity index (χ1v) is 28.2. The van der Waals surface area contributed by atoms with Gasteiger partial charge in [0.25, 0.3) is 0 Å². The Bertz CT molecular complexity index is 1260. The monoisotopic (exact) mass is 801 g/mol. The Balaban J connectivity index is 0.0000000750. The van der Waals surface area contributed by atoms with E-state index in [9.17, 15) is 0 Å². The third kappa shape index (κ3) is 7.92. The Morgan fingerprint density at radius 2 is 0.390 bits per heavy atom. The molecule has 0 unspecified atom stereocenters. The van der Waals surface area contributed by atoms with Crippen LogP contribution in [0.2, 0.25) is 0 Å². The molecule has 15 saturated carbocycles. The highest BCUT2D eigenvalue weighted by atomic mass is 14.7. The molecule has 20 rings (SSSR count). The summed E-state index contributed by atoms with van der Waals surface area (Å²) in [7, 11) is 0. The third-order valence-electron chi connectivity index (χ3n) is 24.4. The second-order valence-electron chi connectivity index (χ2n) is 27.5. The highest BCUT2D eigenvalue weighted by molar-refractivity contribution is 5.38. The van der Waals surface area contributed by atoms with Gasteiger partial charge in [0.2, 0.25) is 0 Å². The molecule has 20 aliphatic rings. The summed E-state index contributed by atoms with van der Waals surface area (Å²) in [6, 6.07) is 0. The molecule has 0 N–H and O–H groups in total. The van der Waals surface area contributed by atoms with E-state index in [-0.39, 0.29) is 0 Å². The minimum atomic E-state index is 0.917. The zero-order chi connectivity index (χ0) is 39.2. The molecular formula is C59H92.